The maximum absolute atomic E-state index is 12.6. The summed E-state index contributed by atoms with van der Waals surface area (Å²) in [5.74, 6) is -1.27. The molecule has 0 aliphatic heterocycles. The number of rotatable bonds is 8. The van der Waals surface area contributed by atoms with Gasteiger partial charge in [-0.05, 0) is 54.8 Å². The average molecular weight is 459 g/mol. The van der Waals surface area contributed by atoms with E-state index < -0.39 is 5.97 Å². The summed E-state index contributed by atoms with van der Waals surface area (Å²) < 4.78 is 5.91. The predicted octanol–water partition coefficient (Wildman–Crippen LogP) is 5.34. The number of amides is 1. The zero-order valence-electron chi connectivity index (χ0n) is 19.3. The number of carboxylic acids is 1. The number of nitrogens with one attached hydrogen (secondary N) is 2. The van der Waals surface area contributed by atoms with Crippen LogP contribution in [0.15, 0.2) is 59.1 Å². The van der Waals surface area contributed by atoms with Crippen LogP contribution >= 0.6 is 0 Å². The molecule has 8 nitrogen and oxygen atoms in total. The lowest BCUT2D eigenvalue weighted by Crippen LogP contribution is -2.15. The van der Waals surface area contributed by atoms with E-state index in [1.54, 1.807) is 25.3 Å². The normalized spacial score (nSPS) is 11.9. The average Bonchev–Trinajstić information content (AvgIpc) is 3.18. The number of pyridine rings is 1. The molecule has 174 valence electrons. The smallest absolute Gasteiger partial charge is 0.304 e. The van der Waals surface area contributed by atoms with Crippen molar-refractivity contribution in [2.75, 3.05) is 10.6 Å². The highest BCUT2D eigenvalue weighted by molar-refractivity contribution is 5.93. The Hall–Kier alpha value is -4.20. The Balaban J connectivity index is 1.44. The second-order valence-electron chi connectivity index (χ2n) is 8.41. The molecule has 0 saturated heterocycles. The van der Waals surface area contributed by atoms with Gasteiger partial charge in [-0.25, -0.2) is 0 Å². The molecule has 2 aromatic carbocycles. The summed E-state index contributed by atoms with van der Waals surface area (Å²) in [5, 5.41) is 15.0. The molecule has 2 aromatic heterocycles. The number of hydrogen-bond acceptors (Lipinski definition) is 6. The van der Waals surface area contributed by atoms with E-state index in [0.29, 0.717) is 23.0 Å². The first kappa shape index (κ1) is 23.0. The predicted molar refractivity (Wildman–Crippen MR) is 130 cm³/mol. The van der Waals surface area contributed by atoms with Crippen molar-refractivity contribution in [3.8, 4) is 0 Å². The van der Waals surface area contributed by atoms with Gasteiger partial charge < -0.3 is 20.2 Å². The van der Waals surface area contributed by atoms with Crippen LogP contribution in [-0.2, 0) is 16.0 Å². The highest BCUT2D eigenvalue weighted by atomic mass is 16.4. The fourth-order valence-electron chi connectivity index (χ4n) is 3.78. The SMILES string of the molecule is Cc1ccccc1Nc1nc2c(C)cc(CC(=O)Nc3ccc(C(C)CC(=O)O)nc3)cc2o1. The van der Waals surface area contributed by atoms with Gasteiger partial charge in [0.15, 0.2) is 5.58 Å². The molecule has 0 saturated carbocycles. The highest BCUT2D eigenvalue weighted by Gasteiger charge is 2.14. The third kappa shape index (κ3) is 5.40. The Morgan fingerprint density at radius 3 is 2.59 bits per heavy atom. The molecule has 1 amide bonds. The van der Waals surface area contributed by atoms with Gasteiger partial charge in [-0.15, -0.1) is 0 Å². The largest absolute Gasteiger partial charge is 0.481 e. The summed E-state index contributed by atoms with van der Waals surface area (Å²) in [7, 11) is 0. The maximum Gasteiger partial charge on any atom is 0.304 e. The van der Waals surface area contributed by atoms with E-state index in [1.807, 2.05) is 50.2 Å². The molecular formula is C26H26N4O4. The lowest BCUT2D eigenvalue weighted by molar-refractivity contribution is -0.137. The summed E-state index contributed by atoms with van der Waals surface area (Å²) >= 11 is 0. The molecule has 0 aliphatic rings. The second-order valence-corrected chi connectivity index (χ2v) is 8.41. The second kappa shape index (κ2) is 9.74. The number of hydrogen-bond donors (Lipinski definition) is 3. The number of nitrogens with zero attached hydrogens (tertiary/aromatic N) is 2. The van der Waals surface area contributed by atoms with E-state index in [4.69, 9.17) is 9.52 Å². The topological polar surface area (TPSA) is 117 Å². The van der Waals surface area contributed by atoms with Crippen LogP contribution in [-0.4, -0.2) is 27.0 Å². The molecule has 0 radical (unpaired) electrons. The Kier molecular flexibility index (Phi) is 6.58. The van der Waals surface area contributed by atoms with Crippen LogP contribution in [0.4, 0.5) is 17.4 Å². The standard InChI is InChI=1S/C26H26N4O4/c1-15-6-4-5-7-21(15)29-26-30-25-17(3)10-18(12-22(25)34-26)13-23(31)28-19-8-9-20(27-14-19)16(2)11-24(32)33/h4-10,12,14,16H,11,13H2,1-3H3,(H,28,31)(H,29,30)(H,32,33). The number of oxazole rings is 1. The van der Waals surface area contributed by atoms with Gasteiger partial charge in [0, 0.05) is 17.3 Å². The molecular weight excluding hydrogens is 432 g/mol. The van der Waals surface area contributed by atoms with Gasteiger partial charge in [-0.2, -0.15) is 4.98 Å². The summed E-state index contributed by atoms with van der Waals surface area (Å²) in [6, 6.07) is 15.5. The Morgan fingerprint density at radius 1 is 1.09 bits per heavy atom. The van der Waals surface area contributed by atoms with Crippen molar-refractivity contribution in [2.24, 2.45) is 0 Å². The third-order valence-corrected chi connectivity index (χ3v) is 5.55. The van der Waals surface area contributed by atoms with E-state index in [9.17, 15) is 9.59 Å². The number of aryl methyl sites for hydroxylation is 2. The van der Waals surface area contributed by atoms with Gasteiger partial charge in [0.1, 0.15) is 5.52 Å². The minimum Gasteiger partial charge on any atom is -0.481 e. The quantitative estimate of drug-likeness (QED) is 0.326. The number of aromatic nitrogens is 2. The van der Waals surface area contributed by atoms with E-state index in [2.05, 4.69) is 20.6 Å². The molecule has 0 spiro atoms. The molecule has 34 heavy (non-hydrogen) atoms. The number of carbonyl (C=O) groups is 2. The van der Waals surface area contributed by atoms with Crippen LogP contribution in [0.1, 0.15) is 41.6 Å². The first-order valence-electron chi connectivity index (χ1n) is 11.0. The maximum atomic E-state index is 12.6. The molecule has 0 fully saturated rings. The van der Waals surface area contributed by atoms with Gasteiger partial charge in [0.25, 0.3) is 6.01 Å². The van der Waals surface area contributed by atoms with Crippen molar-refractivity contribution in [1.29, 1.82) is 0 Å². The summed E-state index contributed by atoms with van der Waals surface area (Å²) in [6.07, 6.45) is 1.71. The van der Waals surface area contributed by atoms with Crippen molar-refractivity contribution in [3.05, 3.63) is 77.1 Å². The molecule has 3 N–H and O–H groups in total. The first-order chi connectivity index (χ1) is 16.3. The Labute approximate surface area is 197 Å². The van der Waals surface area contributed by atoms with Crippen LogP contribution in [0, 0.1) is 13.8 Å². The summed E-state index contributed by atoms with van der Waals surface area (Å²) in [6.45, 7) is 5.75. The number of anilines is 3. The van der Waals surface area contributed by atoms with Crippen LogP contribution < -0.4 is 10.6 Å². The fraction of sp³-hybridized carbons (Fsp3) is 0.231. The lowest BCUT2D eigenvalue weighted by Gasteiger charge is -2.10. The van der Waals surface area contributed by atoms with E-state index in [0.717, 1.165) is 27.9 Å². The zero-order valence-corrected chi connectivity index (χ0v) is 19.3. The molecule has 1 unspecified atom stereocenters. The van der Waals surface area contributed by atoms with E-state index in [-0.39, 0.29) is 24.7 Å². The van der Waals surface area contributed by atoms with Crippen molar-refractivity contribution in [1.82, 2.24) is 9.97 Å². The number of carboxylic acid groups (broad SMARTS) is 1. The molecule has 4 aromatic rings. The third-order valence-electron chi connectivity index (χ3n) is 5.55. The van der Waals surface area contributed by atoms with Crippen LogP contribution in [0.2, 0.25) is 0 Å². The van der Waals surface area contributed by atoms with Gasteiger partial charge in [-0.3, -0.25) is 14.6 Å². The number of fused-ring (bicyclic) bond motifs is 1. The van der Waals surface area contributed by atoms with Gasteiger partial charge in [0.2, 0.25) is 5.91 Å². The van der Waals surface area contributed by atoms with Crippen LogP contribution in [0.5, 0.6) is 0 Å². The van der Waals surface area contributed by atoms with Crippen molar-refractivity contribution in [2.45, 2.75) is 39.5 Å². The molecule has 1 atom stereocenters. The van der Waals surface area contributed by atoms with Crippen LogP contribution in [0.3, 0.4) is 0 Å². The minimum absolute atomic E-state index is 0.00433. The fourth-order valence-corrected chi connectivity index (χ4v) is 3.78. The minimum atomic E-state index is -0.871. The first-order valence-corrected chi connectivity index (χ1v) is 11.0. The van der Waals surface area contributed by atoms with Crippen molar-refractivity contribution < 1.29 is 19.1 Å². The van der Waals surface area contributed by atoms with Crippen molar-refractivity contribution in [3.63, 3.8) is 0 Å². The van der Waals surface area contributed by atoms with E-state index >= 15 is 0 Å². The zero-order chi connectivity index (χ0) is 24.2. The summed E-state index contributed by atoms with van der Waals surface area (Å²) in [4.78, 5) is 32.3. The molecule has 0 bridgehead atoms. The number of benzene rings is 2. The van der Waals surface area contributed by atoms with Crippen molar-refractivity contribution >= 4 is 40.4 Å². The lowest BCUT2D eigenvalue weighted by atomic mass is 10.0. The number of para-hydroxylation sites is 1. The van der Waals surface area contributed by atoms with Gasteiger partial charge >= 0.3 is 5.97 Å². The molecule has 8 heteroatoms. The van der Waals surface area contributed by atoms with Gasteiger partial charge in [0.05, 0.1) is 24.7 Å². The monoisotopic (exact) mass is 458 g/mol. The number of aliphatic carboxylic acids is 1. The summed E-state index contributed by atoms with van der Waals surface area (Å²) in [5.41, 5.74) is 6.30. The highest BCUT2D eigenvalue weighted by Crippen LogP contribution is 2.27. The number of carbonyl (C=O) groups excluding carboxylic acids is 1. The molecule has 0 aliphatic carbocycles. The Morgan fingerprint density at radius 2 is 1.88 bits per heavy atom. The van der Waals surface area contributed by atoms with Crippen LogP contribution in [0.25, 0.3) is 11.1 Å². The molecule has 4 rings (SSSR count). The Bertz CT molecular complexity index is 1340. The van der Waals surface area contributed by atoms with E-state index in [1.165, 1.54) is 0 Å². The molecule has 2 heterocycles. The van der Waals surface area contributed by atoms with Gasteiger partial charge in [-0.1, -0.05) is 31.2 Å².